The van der Waals surface area contributed by atoms with Crippen LogP contribution in [0.3, 0.4) is 0 Å². The predicted molar refractivity (Wildman–Crippen MR) is 49.3 cm³/mol. The molecule has 0 aliphatic heterocycles. The summed E-state index contributed by atoms with van der Waals surface area (Å²) in [6, 6.07) is 0. The topological polar surface area (TPSA) is 75.7 Å². The van der Waals surface area contributed by atoms with E-state index < -0.39 is 0 Å². The lowest BCUT2D eigenvalue weighted by atomic mass is 9.83. The summed E-state index contributed by atoms with van der Waals surface area (Å²) < 4.78 is 5.53. The fourth-order valence-corrected chi connectivity index (χ4v) is 1.80. The van der Waals surface area contributed by atoms with E-state index in [4.69, 9.17) is 15.6 Å². The second-order valence-corrected chi connectivity index (χ2v) is 3.69. The van der Waals surface area contributed by atoms with Crippen molar-refractivity contribution in [3.05, 3.63) is 0 Å². The summed E-state index contributed by atoms with van der Waals surface area (Å²) in [5.74, 6) is 0. The molecule has 0 heterocycles. The van der Waals surface area contributed by atoms with Crippen molar-refractivity contribution in [2.24, 2.45) is 5.73 Å². The Hall–Kier alpha value is -0.160. The van der Waals surface area contributed by atoms with Crippen molar-refractivity contribution >= 4 is 0 Å². The molecule has 0 aromatic rings. The third-order valence-corrected chi connectivity index (χ3v) is 2.74. The normalized spacial score (nSPS) is 34.8. The van der Waals surface area contributed by atoms with E-state index >= 15 is 0 Å². The highest BCUT2D eigenvalue weighted by Gasteiger charge is 2.34. The zero-order valence-corrected chi connectivity index (χ0v) is 7.91. The van der Waals surface area contributed by atoms with E-state index in [1.54, 1.807) is 0 Å². The van der Waals surface area contributed by atoms with Crippen LogP contribution in [-0.2, 0) is 4.74 Å². The molecule has 13 heavy (non-hydrogen) atoms. The Morgan fingerprint density at radius 3 is 2.46 bits per heavy atom. The fraction of sp³-hybridized carbons (Fsp3) is 1.00. The second-order valence-electron chi connectivity index (χ2n) is 3.69. The molecule has 1 rings (SSSR count). The first kappa shape index (κ1) is 10.9. The van der Waals surface area contributed by atoms with E-state index in [9.17, 15) is 5.11 Å². The molecule has 0 saturated heterocycles. The number of hydrogen-bond acceptors (Lipinski definition) is 4. The Morgan fingerprint density at radius 2 is 2.00 bits per heavy atom. The van der Waals surface area contributed by atoms with E-state index in [0.717, 1.165) is 25.7 Å². The molecule has 0 unspecified atom stereocenters. The maximum Gasteiger partial charge on any atom is 0.0807 e. The number of aliphatic hydroxyl groups is 2. The van der Waals surface area contributed by atoms with Crippen LogP contribution in [0, 0.1) is 0 Å². The monoisotopic (exact) mass is 189 g/mol. The van der Waals surface area contributed by atoms with E-state index in [1.807, 2.05) is 0 Å². The van der Waals surface area contributed by atoms with Gasteiger partial charge in [-0.25, -0.2) is 0 Å². The number of aliphatic hydroxyl groups excluding tert-OH is 2. The van der Waals surface area contributed by atoms with Gasteiger partial charge < -0.3 is 20.7 Å². The van der Waals surface area contributed by atoms with Crippen LogP contribution < -0.4 is 5.73 Å². The Kier molecular flexibility index (Phi) is 4.12. The largest absolute Gasteiger partial charge is 0.394 e. The smallest absolute Gasteiger partial charge is 0.0807 e. The van der Waals surface area contributed by atoms with Gasteiger partial charge in [0.2, 0.25) is 0 Å². The number of rotatable bonds is 4. The Bertz CT molecular complexity index is 138. The van der Waals surface area contributed by atoms with Crippen LogP contribution in [0.25, 0.3) is 0 Å². The van der Waals surface area contributed by atoms with E-state index in [0.29, 0.717) is 13.2 Å². The Morgan fingerprint density at radius 1 is 1.38 bits per heavy atom. The maximum absolute atomic E-state index is 9.32. The van der Waals surface area contributed by atoms with Gasteiger partial charge in [-0.3, -0.25) is 0 Å². The summed E-state index contributed by atoms with van der Waals surface area (Å²) in [6.07, 6.45) is 2.90. The van der Waals surface area contributed by atoms with Crippen molar-refractivity contribution < 1.29 is 14.9 Å². The lowest BCUT2D eigenvalue weighted by molar-refractivity contribution is -0.0907. The van der Waals surface area contributed by atoms with E-state index in [2.05, 4.69) is 0 Å². The molecule has 4 N–H and O–H groups in total. The maximum atomic E-state index is 9.32. The molecule has 4 nitrogen and oxygen atoms in total. The summed E-state index contributed by atoms with van der Waals surface area (Å²) >= 11 is 0. The molecule has 1 fully saturated rings. The van der Waals surface area contributed by atoms with Crippen LogP contribution in [0.15, 0.2) is 0 Å². The molecule has 0 spiro atoms. The summed E-state index contributed by atoms with van der Waals surface area (Å²) in [5, 5.41) is 18.0. The van der Waals surface area contributed by atoms with Gasteiger partial charge in [0.1, 0.15) is 0 Å². The van der Waals surface area contributed by atoms with Crippen LogP contribution in [0.2, 0.25) is 0 Å². The molecule has 0 aromatic carbocycles. The highest BCUT2D eigenvalue weighted by molar-refractivity contribution is 4.88. The third-order valence-electron chi connectivity index (χ3n) is 2.74. The minimum atomic E-state index is -0.290. The van der Waals surface area contributed by atoms with Crippen molar-refractivity contribution in [3.63, 3.8) is 0 Å². The van der Waals surface area contributed by atoms with Gasteiger partial charge in [-0.05, 0) is 25.7 Å². The molecule has 0 radical (unpaired) electrons. The van der Waals surface area contributed by atoms with Crippen LogP contribution >= 0.6 is 0 Å². The van der Waals surface area contributed by atoms with E-state index in [1.165, 1.54) is 0 Å². The molecule has 0 bridgehead atoms. The molecule has 0 atom stereocenters. The summed E-state index contributed by atoms with van der Waals surface area (Å²) in [4.78, 5) is 0. The molecule has 0 amide bonds. The molecule has 1 aliphatic rings. The average Bonchev–Trinajstić information content (AvgIpc) is 2.18. The zero-order valence-electron chi connectivity index (χ0n) is 7.91. The van der Waals surface area contributed by atoms with Crippen LogP contribution in [0.4, 0.5) is 0 Å². The zero-order chi connectivity index (χ0) is 9.73. The first-order chi connectivity index (χ1) is 6.22. The summed E-state index contributed by atoms with van der Waals surface area (Å²) in [7, 11) is 0. The van der Waals surface area contributed by atoms with Gasteiger partial charge in [-0.1, -0.05) is 0 Å². The van der Waals surface area contributed by atoms with E-state index in [-0.39, 0.29) is 18.3 Å². The van der Waals surface area contributed by atoms with Crippen molar-refractivity contribution in [2.45, 2.75) is 37.4 Å². The van der Waals surface area contributed by atoms with Crippen molar-refractivity contribution in [3.8, 4) is 0 Å². The van der Waals surface area contributed by atoms with Gasteiger partial charge in [0.25, 0.3) is 0 Å². The number of hydrogen-bond donors (Lipinski definition) is 3. The molecular weight excluding hydrogens is 170 g/mol. The molecule has 4 heteroatoms. The lowest BCUT2D eigenvalue weighted by Gasteiger charge is -2.37. The van der Waals surface area contributed by atoms with Gasteiger partial charge in [0.05, 0.1) is 24.9 Å². The van der Waals surface area contributed by atoms with Crippen molar-refractivity contribution in [2.75, 3.05) is 19.8 Å². The minimum Gasteiger partial charge on any atom is -0.394 e. The SMILES string of the molecule is NCC1(OCCO)CCC(O)CC1. The standard InChI is InChI=1S/C9H19NO3/c10-7-9(13-6-5-11)3-1-8(12)2-4-9/h8,11-12H,1-7,10H2. The second kappa shape index (κ2) is 4.91. The Labute approximate surface area is 78.7 Å². The van der Waals surface area contributed by atoms with Crippen LogP contribution in [-0.4, -0.2) is 41.7 Å². The number of nitrogens with two attached hydrogens (primary N) is 1. The quantitative estimate of drug-likeness (QED) is 0.564. The average molecular weight is 189 g/mol. The predicted octanol–water partition coefficient (Wildman–Crippen LogP) is -0.372. The van der Waals surface area contributed by atoms with Crippen molar-refractivity contribution in [1.82, 2.24) is 0 Å². The van der Waals surface area contributed by atoms with Crippen molar-refractivity contribution in [1.29, 1.82) is 0 Å². The van der Waals surface area contributed by atoms with Crippen LogP contribution in [0.5, 0.6) is 0 Å². The Balaban J connectivity index is 2.40. The molecular formula is C9H19NO3. The number of ether oxygens (including phenoxy) is 1. The lowest BCUT2D eigenvalue weighted by Crippen LogP contribution is -2.45. The van der Waals surface area contributed by atoms with Gasteiger partial charge in [-0.15, -0.1) is 0 Å². The summed E-state index contributed by atoms with van der Waals surface area (Å²) in [6.45, 7) is 0.845. The van der Waals surface area contributed by atoms with Gasteiger partial charge in [0, 0.05) is 6.54 Å². The highest BCUT2D eigenvalue weighted by atomic mass is 16.5. The van der Waals surface area contributed by atoms with Gasteiger partial charge in [-0.2, -0.15) is 0 Å². The third kappa shape index (κ3) is 2.91. The molecule has 1 saturated carbocycles. The molecule has 1 aliphatic carbocycles. The fourth-order valence-electron chi connectivity index (χ4n) is 1.80. The molecule has 78 valence electrons. The minimum absolute atomic E-state index is 0.0320. The molecule has 0 aromatic heterocycles. The first-order valence-electron chi connectivity index (χ1n) is 4.85. The van der Waals surface area contributed by atoms with Gasteiger partial charge in [0.15, 0.2) is 0 Å². The first-order valence-corrected chi connectivity index (χ1v) is 4.85. The highest BCUT2D eigenvalue weighted by Crippen LogP contribution is 2.30. The van der Waals surface area contributed by atoms with Crippen LogP contribution in [0.1, 0.15) is 25.7 Å². The summed E-state index contributed by atoms with van der Waals surface area (Å²) in [5.41, 5.74) is 5.35. The van der Waals surface area contributed by atoms with Gasteiger partial charge >= 0.3 is 0 Å².